The van der Waals surface area contributed by atoms with Crippen molar-refractivity contribution >= 4 is 24.2 Å². The Balaban J connectivity index is 3.55. The van der Waals surface area contributed by atoms with Gasteiger partial charge in [-0.3, -0.25) is 0 Å². The summed E-state index contributed by atoms with van der Waals surface area (Å²) in [6.07, 6.45) is 1.13. The van der Waals surface area contributed by atoms with Crippen LogP contribution in [0, 0.1) is 0 Å². The maximum Gasteiger partial charge on any atom is 0.189 e. The Morgan fingerprint density at radius 1 is 1.36 bits per heavy atom. The minimum atomic E-state index is -1.34. The summed E-state index contributed by atoms with van der Waals surface area (Å²) in [5.41, 5.74) is 0.720. The summed E-state index contributed by atoms with van der Waals surface area (Å²) < 4.78 is 5.84. The minimum Gasteiger partial charge on any atom is -0.417 e. The van der Waals surface area contributed by atoms with Crippen molar-refractivity contribution in [2.45, 2.75) is 38.9 Å². The van der Waals surface area contributed by atoms with Crippen molar-refractivity contribution in [3.05, 3.63) is 0 Å². The van der Waals surface area contributed by atoms with Crippen molar-refractivity contribution < 1.29 is 4.43 Å². The smallest absolute Gasteiger partial charge is 0.189 e. The highest BCUT2D eigenvalue weighted by atomic mass is 79.9. The van der Waals surface area contributed by atoms with E-state index in [1.54, 1.807) is 0 Å². The summed E-state index contributed by atoms with van der Waals surface area (Å²) in [5, 5.41) is 1.05. The molecule has 0 aliphatic rings. The SMILES string of the molecule is CC(C)[Si](C)(C)OCCCBr. The normalized spacial score (nSPS) is 12.5. The van der Waals surface area contributed by atoms with Crippen LogP contribution in [0.1, 0.15) is 20.3 Å². The summed E-state index contributed by atoms with van der Waals surface area (Å²) in [5.74, 6) is 0. The lowest BCUT2D eigenvalue weighted by atomic mass is 10.5. The van der Waals surface area contributed by atoms with Gasteiger partial charge in [0.1, 0.15) is 0 Å². The van der Waals surface area contributed by atoms with Gasteiger partial charge in [-0.25, -0.2) is 0 Å². The van der Waals surface area contributed by atoms with Gasteiger partial charge in [-0.05, 0) is 25.1 Å². The highest BCUT2D eigenvalue weighted by Gasteiger charge is 2.26. The van der Waals surface area contributed by atoms with Gasteiger partial charge in [-0.1, -0.05) is 29.8 Å². The molecule has 0 aromatic rings. The van der Waals surface area contributed by atoms with E-state index in [4.69, 9.17) is 4.43 Å². The quantitative estimate of drug-likeness (QED) is 0.406. The van der Waals surface area contributed by atoms with Crippen LogP contribution in [0.4, 0.5) is 0 Å². The molecule has 0 saturated carbocycles. The summed E-state index contributed by atoms with van der Waals surface area (Å²) >= 11 is 3.39. The van der Waals surface area contributed by atoms with Crippen LogP contribution in [0.2, 0.25) is 18.6 Å². The fourth-order valence-electron chi connectivity index (χ4n) is 0.556. The molecule has 0 aromatic heterocycles. The van der Waals surface area contributed by atoms with Crippen LogP contribution in [-0.4, -0.2) is 20.3 Å². The molecule has 68 valence electrons. The summed E-state index contributed by atoms with van der Waals surface area (Å²) in [4.78, 5) is 0. The molecule has 3 heteroatoms. The first-order chi connectivity index (χ1) is 5.00. The standard InChI is InChI=1S/C8H19BrOSi/c1-8(2)11(3,4)10-7-5-6-9/h8H,5-7H2,1-4H3. The zero-order chi connectivity index (χ0) is 8.91. The molecule has 0 radical (unpaired) electrons. The Labute approximate surface area is 79.8 Å². The number of rotatable bonds is 5. The molecule has 0 unspecified atom stereocenters. The first-order valence-corrected chi connectivity index (χ1v) is 8.31. The molecular weight excluding hydrogens is 220 g/mol. The number of halogens is 1. The number of alkyl halides is 1. The van der Waals surface area contributed by atoms with Crippen molar-refractivity contribution in [2.75, 3.05) is 11.9 Å². The zero-order valence-corrected chi connectivity index (χ0v) is 10.6. The van der Waals surface area contributed by atoms with Gasteiger partial charge in [0, 0.05) is 11.9 Å². The summed E-state index contributed by atoms with van der Waals surface area (Å²) in [6, 6.07) is 0. The van der Waals surface area contributed by atoms with Crippen molar-refractivity contribution in [2.24, 2.45) is 0 Å². The van der Waals surface area contributed by atoms with E-state index in [-0.39, 0.29) is 0 Å². The molecule has 0 bridgehead atoms. The molecule has 11 heavy (non-hydrogen) atoms. The van der Waals surface area contributed by atoms with Gasteiger partial charge in [-0.2, -0.15) is 0 Å². The van der Waals surface area contributed by atoms with Gasteiger partial charge >= 0.3 is 0 Å². The van der Waals surface area contributed by atoms with E-state index < -0.39 is 8.32 Å². The molecule has 0 rings (SSSR count). The lowest BCUT2D eigenvalue weighted by Gasteiger charge is -2.26. The maximum atomic E-state index is 5.84. The highest BCUT2D eigenvalue weighted by molar-refractivity contribution is 9.09. The second-order valence-electron chi connectivity index (χ2n) is 3.65. The highest BCUT2D eigenvalue weighted by Crippen LogP contribution is 2.21. The summed E-state index contributed by atoms with van der Waals surface area (Å²) in [7, 11) is -1.34. The van der Waals surface area contributed by atoms with Crippen molar-refractivity contribution in [3.63, 3.8) is 0 Å². The maximum absolute atomic E-state index is 5.84. The van der Waals surface area contributed by atoms with Gasteiger partial charge in [0.25, 0.3) is 0 Å². The Bertz CT molecular complexity index is 104. The first-order valence-electron chi connectivity index (χ1n) is 4.20. The van der Waals surface area contributed by atoms with Crippen LogP contribution < -0.4 is 0 Å². The lowest BCUT2D eigenvalue weighted by molar-refractivity contribution is 0.302. The molecule has 0 saturated heterocycles. The third-order valence-corrected chi connectivity index (χ3v) is 6.43. The first kappa shape index (κ1) is 11.7. The predicted molar refractivity (Wildman–Crippen MR) is 56.9 cm³/mol. The predicted octanol–water partition coefficient (Wildman–Crippen LogP) is 3.40. The third-order valence-electron chi connectivity index (χ3n) is 2.14. The zero-order valence-electron chi connectivity index (χ0n) is 7.98. The Morgan fingerprint density at radius 3 is 2.27 bits per heavy atom. The van der Waals surface area contributed by atoms with Crippen LogP contribution >= 0.6 is 15.9 Å². The second-order valence-corrected chi connectivity index (χ2v) is 9.09. The van der Waals surface area contributed by atoms with E-state index in [1.165, 1.54) is 0 Å². The van der Waals surface area contributed by atoms with Crippen molar-refractivity contribution in [1.82, 2.24) is 0 Å². The van der Waals surface area contributed by atoms with Crippen LogP contribution in [-0.2, 0) is 4.43 Å². The van der Waals surface area contributed by atoms with Gasteiger partial charge in [0.2, 0.25) is 0 Å². The van der Waals surface area contributed by atoms with Crippen LogP contribution in [0.5, 0.6) is 0 Å². The molecule has 0 atom stereocenters. The second kappa shape index (κ2) is 5.33. The molecule has 0 heterocycles. The van der Waals surface area contributed by atoms with Gasteiger partial charge in [0.05, 0.1) is 0 Å². The average molecular weight is 239 g/mol. The number of hydrogen-bond acceptors (Lipinski definition) is 1. The van der Waals surface area contributed by atoms with Crippen molar-refractivity contribution in [3.8, 4) is 0 Å². The van der Waals surface area contributed by atoms with E-state index in [0.29, 0.717) is 0 Å². The number of hydrogen-bond donors (Lipinski definition) is 0. The Morgan fingerprint density at radius 2 is 1.91 bits per heavy atom. The molecule has 1 nitrogen and oxygen atoms in total. The molecular formula is C8H19BrOSi. The molecule has 0 fully saturated rings. The average Bonchev–Trinajstić information content (AvgIpc) is 1.88. The molecule has 0 aliphatic carbocycles. The van der Waals surface area contributed by atoms with Gasteiger partial charge in [-0.15, -0.1) is 0 Å². The fourth-order valence-corrected chi connectivity index (χ4v) is 1.79. The van der Waals surface area contributed by atoms with E-state index in [1.807, 2.05) is 0 Å². The van der Waals surface area contributed by atoms with E-state index in [2.05, 4.69) is 42.9 Å². The van der Waals surface area contributed by atoms with Crippen LogP contribution in [0.25, 0.3) is 0 Å². The topological polar surface area (TPSA) is 9.23 Å². The van der Waals surface area contributed by atoms with Gasteiger partial charge in [0.15, 0.2) is 8.32 Å². The van der Waals surface area contributed by atoms with Gasteiger partial charge < -0.3 is 4.43 Å². The fraction of sp³-hybridized carbons (Fsp3) is 1.00. The monoisotopic (exact) mass is 238 g/mol. The molecule has 0 spiro atoms. The Kier molecular flexibility index (Phi) is 5.65. The van der Waals surface area contributed by atoms with Crippen LogP contribution in [0.3, 0.4) is 0 Å². The summed E-state index contributed by atoms with van der Waals surface area (Å²) in [6.45, 7) is 9.99. The largest absolute Gasteiger partial charge is 0.417 e. The van der Waals surface area contributed by atoms with E-state index >= 15 is 0 Å². The van der Waals surface area contributed by atoms with Crippen molar-refractivity contribution in [1.29, 1.82) is 0 Å². The lowest BCUT2D eigenvalue weighted by Crippen LogP contribution is -2.34. The van der Waals surface area contributed by atoms with E-state index in [0.717, 1.165) is 23.9 Å². The minimum absolute atomic E-state index is 0.720. The molecule has 0 N–H and O–H groups in total. The molecule has 0 aromatic carbocycles. The van der Waals surface area contributed by atoms with Crippen LogP contribution in [0.15, 0.2) is 0 Å². The Hall–Kier alpha value is 0.657. The third kappa shape index (κ3) is 4.99. The molecule has 0 amide bonds. The molecule has 0 aliphatic heterocycles. The van der Waals surface area contributed by atoms with E-state index in [9.17, 15) is 0 Å².